The van der Waals surface area contributed by atoms with E-state index in [4.69, 9.17) is 15.7 Å². The van der Waals surface area contributed by atoms with Crippen LogP contribution in [0.5, 0.6) is 5.75 Å². The lowest BCUT2D eigenvalue weighted by Crippen LogP contribution is -2.54. The number of benzene rings is 2. The average molecular weight is 746 g/mol. The maximum absolute atomic E-state index is 13.1. The van der Waals surface area contributed by atoms with Crippen molar-refractivity contribution in [2.75, 3.05) is 42.2 Å². The van der Waals surface area contributed by atoms with Gasteiger partial charge in [-0.1, -0.05) is 24.6 Å². The van der Waals surface area contributed by atoms with Gasteiger partial charge in [0.1, 0.15) is 11.8 Å². The van der Waals surface area contributed by atoms with Crippen LogP contribution >= 0.6 is 0 Å². The molecule has 15 nitrogen and oxygen atoms in total. The lowest BCUT2D eigenvalue weighted by Gasteiger charge is -2.42. The summed E-state index contributed by atoms with van der Waals surface area (Å²) in [6, 6.07) is 14.8. The molecule has 0 saturated carbocycles. The zero-order chi connectivity index (χ0) is 38.2. The van der Waals surface area contributed by atoms with Crippen molar-refractivity contribution in [2.24, 2.45) is 7.05 Å². The van der Waals surface area contributed by atoms with Crippen LogP contribution < -0.4 is 26.5 Å². The minimum Gasteiger partial charge on any atom is -0.507 e. The maximum Gasteiger partial charge on any atom is 0.329 e. The number of phenols is 1. The third kappa shape index (κ3) is 7.23. The Balaban J connectivity index is 0.810. The normalized spacial score (nSPS) is 19.8. The molecule has 2 aromatic carbocycles. The van der Waals surface area contributed by atoms with Gasteiger partial charge in [-0.05, 0) is 93.6 Å². The van der Waals surface area contributed by atoms with Crippen molar-refractivity contribution in [3.63, 3.8) is 0 Å². The molecular weight excluding hydrogens is 699 g/mol. The van der Waals surface area contributed by atoms with E-state index in [0.29, 0.717) is 29.0 Å². The van der Waals surface area contributed by atoms with E-state index in [2.05, 4.69) is 37.3 Å². The smallest absolute Gasteiger partial charge is 0.329 e. The van der Waals surface area contributed by atoms with Crippen molar-refractivity contribution in [1.29, 1.82) is 0 Å². The number of fused-ring (bicyclic) bond motifs is 3. The minimum atomic E-state index is -0.686. The minimum absolute atomic E-state index is 0.159. The SMILES string of the molecule is CN(CCCCCc1cnc(N2C3CCC2CN(c2cc(-c4ccccc4O)nnc2N)C3)nc1)Cc1ccc2c(c1)n(C)c(=O)n2C1CCC(=O)NC1=O. The molecule has 286 valence electrons. The zero-order valence-electron chi connectivity index (χ0n) is 31.3. The average Bonchev–Trinajstić information content (AvgIpc) is 3.58. The Bertz CT molecular complexity index is 2270. The molecule has 4 N–H and O–H groups in total. The lowest BCUT2D eigenvalue weighted by atomic mass is 10.1. The first-order valence-electron chi connectivity index (χ1n) is 19.1. The van der Waals surface area contributed by atoms with Crippen LogP contribution in [0, 0.1) is 0 Å². The molecule has 3 unspecified atom stereocenters. The molecule has 0 radical (unpaired) electrons. The van der Waals surface area contributed by atoms with Gasteiger partial charge in [0, 0.05) is 63.1 Å². The van der Waals surface area contributed by atoms with Crippen molar-refractivity contribution in [2.45, 2.75) is 76.0 Å². The second-order valence-corrected chi connectivity index (χ2v) is 15.2. The first-order valence-corrected chi connectivity index (χ1v) is 19.1. The number of aryl methyl sites for hydroxylation is 2. The number of amides is 2. The van der Waals surface area contributed by atoms with E-state index in [1.165, 1.54) is 4.57 Å². The van der Waals surface area contributed by atoms with Gasteiger partial charge in [-0.3, -0.25) is 24.0 Å². The number of imidazole rings is 1. The molecule has 0 spiro atoms. The number of carbonyl (C=O) groups excluding carboxylic acids is 2. The fourth-order valence-electron chi connectivity index (χ4n) is 8.52. The van der Waals surface area contributed by atoms with Crippen molar-refractivity contribution >= 4 is 40.3 Å². The Labute approximate surface area is 318 Å². The molecular formula is C40H47N11O4. The van der Waals surface area contributed by atoms with Crippen molar-refractivity contribution in [3.8, 4) is 17.0 Å². The van der Waals surface area contributed by atoms with Crippen molar-refractivity contribution in [3.05, 3.63) is 82.5 Å². The van der Waals surface area contributed by atoms with Crippen molar-refractivity contribution in [1.82, 2.24) is 39.5 Å². The number of rotatable bonds is 12. The Hall–Kier alpha value is -5.83. The Morgan fingerprint density at radius 3 is 2.42 bits per heavy atom. The quantitative estimate of drug-likeness (QED) is 0.125. The van der Waals surface area contributed by atoms with Crippen LogP contribution in [-0.4, -0.2) is 89.9 Å². The number of aromatic nitrogens is 6. The molecule has 3 atom stereocenters. The number of unbranched alkanes of at least 4 members (excludes halogenated alkanes) is 2. The van der Waals surface area contributed by atoms with Crippen LogP contribution in [-0.2, 0) is 29.6 Å². The number of nitrogens with two attached hydrogens (primary N) is 1. The van der Waals surface area contributed by atoms with E-state index in [9.17, 15) is 19.5 Å². The molecule has 8 rings (SSSR count). The van der Waals surface area contributed by atoms with E-state index in [0.717, 1.165) is 93.0 Å². The number of nitrogens with zero attached hydrogens (tertiary/aromatic N) is 9. The van der Waals surface area contributed by atoms with E-state index in [1.54, 1.807) is 23.7 Å². The highest BCUT2D eigenvalue weighted by Crippen LogP contribution is 2.38. The predicted molar refractivity (Wildman–Crippen MR) is 210 cm³/mol. The van der Waals surface area contributed by atoms with Crippen molar-refractivity contribution < 1.29 is 14.7 Å². The van der Waals surface area contributed by atoms with E-state index < -0.39 is 11.9 Å². The predicted octanol–water partition coefficient (Wildman–Crippen LogP) is 3.55. The maximum atomic E-state index is 13.1. The fraction of sp³-hybridized carbons (Fsp3) is 0.425. The van der Waals surface area contributed by atoms with Gasteiger partial charge in [-0.2, -0.15) is 0 Å². The summed E-state index contributed by atoms with van der Waals surface area (Å²) in [6.45, 7) is 3.23. The molecule has 3 saturated heterocycles. The largest absolute Gasteiger partial charge is 0.507 e. The zero-order valence-corrected chi connectivity index (χ0v) is 31.3. The molecule has 0 aliphatic carbocycles. The second-order valence-electron chi connectivity index (χ2n) is 15.2. The topological polar surface area (TPSA) is 181 Å². The number of hydrogen-bond acceptors (Lipinski definition) is 12. The first kappa shape index (κ1) is 36.2. The number of piperazine rings is 1. The van der Waals surface area contributed by atoms with Gasteiger partial charge in [-0.25, -0.2) is 14.8 Å². The van der Waals surface area contributed by atoms with Crippen LogP contribution in [0.25, 0.3) is 22.3 Å². The first-order chi connectivity index (χ1) is 26.6. The number of piperidine rings is 1. The van der Waals surface area contributed by atoms with Crippen LogP contribution in [0.1, 0.15) is 62.1 Å². The molecule has 3 aliphatic rings. The lowest BCUT2D eigenvalue weighted by molar-refractivity contribution is -0.135. The Morgan fingerprint density at radius 2 is 1.67 bits per heavy atom. The fourth-order valence-corrected chi connectivity index (χ4v) is 8.52. The third-order valence-electron chi connectivity index (χ3n) is 11.4. The standard InChI is InChI=1S/C40H47N11O4/c1-47(22-25-11-14-31-33(18-25)48(2)40(55)51(31)32-15-16-36(53)44-38(32)54)17-7-3-4-8-26-20-42-39(43-21-26)50-27-12-13-28(50)24-49(23-27)34-19-30(45-46-37(34)41)29-9-5-6-10-35(29)52/h5-6,9-11,14,18-21,27-28,32,52H,3-4,7-8,12-13,15-17,22-24H2,1-2H3,(H2,41,46)(H,44,53,54). The molecule has 5 aromatic rings. The van der Waals surface area contributed by atoms with E-state index >= 15 is 0 Å². The van der Waals surface area contributed by atoms with Gasteiger partial charge >= 0.3 is 5.69 Å². The number of carbonyl (C=O) groups is 2. The number of nitrogens with one attached hydrogen (secondary N) is 1. The second kappa shape index (κ2) is 15.1. The molecule has 15 heteroatoms. The summed E-state index contributed by atoms with van der Waals surface area (Å²) >= 11 is 0. The molecule has 3 fully saturated rings. The van der Waals surface area contributed by atoms with Gasteiger partial charge in [0.05, 0.1) is 22.4 Å². The summed E-state index contributed by atoms with van der Waals surface area (Å²) in [5, 5.41) is 21.2. The summed E-state index contributed by atoms with van der Waals surface area (Å²) in [5.41, 5.74) is 11.8. The van der Waals surface area contributed by atoms with Crippen LogP contribution in [0.15, 0.2) is 65.7 Å². The highest BCUT2D eigenvalue weighted by Gasteiger charge is 2.42. The van der Waals surface area contributed by atoms with Gasteiger partial charge in [0.25, 0.3) is 0 Å². The molecule has 3 aromatic heterocycles. The van der Waals surface area contributed by atoms with Gasteiger partial charge in [0.15, 0.2) is 5.82 Å². The van der Waals surface area contributed by atoms with E-state index in [1.807, 2.05) is 48.8 Å². The Morgan fingerprint density at radius 1 is 0.909 bits per heavy atom. The number of para-hydroxylation sites is 1. The van der Waals surface area contributed by atoms with Gasteiger partial charge < -0.3 is 25.5 Å². The van der Waals surface area contributed by atoms with Crippen LogP contribution in [0.2, 0.25) is 0 Å². The highest BCUT2D eigenvalue weighted by atomic mass is 16.3. The molecule has 3 aliphatic heterocycles. The number of phenolic OH excluding ortho intramolecular Hbond substituents is 1. The molecule has 6 heterocycles. The Kier molecular flexibility index (Phi) is 9.95. The summed E-state index contributed by atoms with van der Waals surface area (Å²) in [7, 11) is 3.83. The number of anilines is 3. The summed E-state index contributed by atoms with van der Waals surface area (Å²) in [6.07, 6.45) is 10.7. The number of hydrogen-bond donors (Lipinski definition) is 3. The monoisotopic (exact) mass is 745 g/mol. The molecule has 2 bridgehead atoms. The number of imide groups is 1. The van der Waals surface area contributed by atoms with Crippen LogP contribution in [0.3, 0.4) is 0 Å². The van der Waals surface area contributed by atoms with Gasteiger partial charge in [0.2, 0.25) is 17.8 Å². The summed E-state index contributed by atoms with van der Waals surface area (Å²) in [5.74, 6) is 0.592. The summed E-state index contributed by atoms with van der Waals surface area (Å²) in [4.78, 5) is 53.9. The molecule has 55 heavy (non-hydrogen) atoms. The van der Waals surface area contributed by atoms with Crippen LogP contribution in [0.4, 0.5) is 17.5 Å². The number of nitrogen functional groups attached to an aromatic ring is 1. The van der Waals surface area contributed by atoms with E-state index in [-0.39, 0.29) is 35.9 Å². The molecule has 2 amide bonds. The number of aromatic hydroxyl groups is 1. The summed E-state index contributed by atoms with van der Waals surface area (Å²) < 4.78 is 3.10. The van der Waals surface area contributed by atoms with Gasteiger partial charge in [-0.15, -0.1) is 10.2 Å². The third-order valence-corrected chi connectivity index (χ3v) is 11.4. The highest BCUT2D eigenvalue weighted by molar-refractivity contribution is 6.00.